The van der Waals surface area contributed by atoms with Crippen LogP contribution < -0.4 is 10.1 Å². The average molecular weight is 299 g/mol. The molecule has 0 bridgehead atoms. The van der Waals surface area contributed by atoms with Crippen LogP contribution in [0.25, 0.3) is 10.8 Å². The standard InChI is InChI=1S/C18H21NO3/c1-13(2)9-10-19-18(21)12-22-17-8-7-14-5-3-4-6-15(14)16(17)11-20/h3-8,11,13H,9-10,12H2,1-2H3,(H,19,21). The molecule has 116 valence electrons. The molecule has 4 heteroatoms. The molecule has 1 amide bonds. The third-order valence-corrected chi connectivity index (χ3v) is 3.45. The van der Waals surface area contributed by atoms with Gasteiger partial charge in [-0.25, -0.2) is 0 Å². The highest BCUT2D eigenvalue weighted by molar-refractivity contribution is 6.00. The normalized spacial score (nSPS) is 10.7. The number of amides is 1. The van der Waals surface area contributed by atoms with E-state index in [0.29, 0.717) is 23.8 Å². The number of carbonyl (C=O) groups is 2. The Labute approximate surface area is 130 Å². The summed E-state index contributed by atoms with van der Waals surface area (Å²) in [6.45, 7) is 4.76. The van der Waals surface area contributed by atoms with Crippen LogP contribution in [0.15, 0.2) is 36.4 Å². The molecule has 2 aromatic carbocycles. The van der Waals surface area contributed by atoms with E-state index in [-0.39, 0.29) is 12.5 Å². The van der Waals surface area contributed by atoms with Gasteiger partial charge in [0.15, 0.2) is 12.9 Å². The highest BCUT2D eigenvalue weighted by Crippen LogP contribution is 2.26. The van der Waals surface area contributed by atoms with Crippen LogP contribution in [0.4, 0.5) is 0 Å². The number of rotatable bonds is 7. The van der Waals surface area contributed by atoms with Crippen LogP contribution in [0.1, 0.15) is 30.6 Å². The van der Waals surface area contributed by atoms with Crippen LogP contribution in [0, 0.1) is 5.92 Å². The summed E-state index contributed by atoms with van der Waals surface area (Å²) in [6, 6.07) is 11.2. The van der Waals surface area contributed by atoms with Crippen molar-refractivity contribution in [1.82, 2.24) is 5.32 Å². The number of benzene rings is 2. The summed E-state index contributed by atoms with van der Waals surface area (Å²) in [5.74, 6) is 0.807. The maximum atomic E-state index is 11.7. The summed E-state index contributed by atoms with van der Waals surface area (Å²) in [7, 11) is 0. The monoisotopic (exact) mass is 299 g/mol. The molecule has 0 aromatic heterocycles. The molecule has 0 aliphatic rings. The molecule has 0 spiro atoms. The zero-order chi connectivity index (χ0) is 15.9. The first-order chi connectivity index (χ1) is 10.6. The molecule has 0 atom stereocenters. The molecular formula is C18H21NO3. The Hall–Kier alpha value is -2.36. The molecule has 0 aliphatic carbocycles. The lowest BCUT2D eigenvalue weighted by Crippen LogP contribution is -2.30. The van der Waals surface area contributed by atoms with Gasteiger partial charge in [-0.3, -0.25) is 9.59 Å². The smallest absolute Gasteiger partial charge is 0.257 e. The van der Waals surface area contributed by atoms with Gasteiger partial charge in [-0.1, -0.05) is 44.2 Å². The van der Waals surface area contributed by atoms with Crippen molar-refractivity contribution in [2.75, 3.05) is 13.2 Å². The van der Waals surface area contributed by atoms with Crippen molar-refractivity contribution in [3.05, 3.63) is 42.0 Å². The van der Waals surface area contributed by atoms with Crippen LogP contribution in [-0.2, 0) is 4.79 Å². The number of aldehydes is 1. The minimum Gasteiger partial charge on any atom is -0.483 e. The third-order valence-electron chi connectivity index (χ3n) is 3.45. The van der Waals surface area contributed by atoms with Gasteiger partial charge in [-0.15, -0.1) is 0 Å². The summed E-state index contributed by atoms with van der Waals surface area (Å²) in [4.78, 5) is 23.1. The molecule has 0 heterocycles. The summed E-state index contributed by atoms with van der Waals surface area (Å²) >= 11 is 0. The molecule has 2 aromatic rings. The first kappa shape index (κ1) is 16.0. The Bertz CT molecular complexity index is 664. The van der Waals surface area contributed by atoms with Gasteiger partial charge in [0.1, 0.15) is 5.75 Å². The van der Waals surface area contributed by atoms with E-state index in [1.165, 1.54) is 0 Å². The average Bonchev–Trinajstić information content (AvgIpc) is 2.51. The highest BCUT2D eigenvalue weighted by Gasteiger charge is 2.10. The van der Waals surface area contributed by atoms with Crippen molar-refractivity contribution in [1.29, 1.82) is 0 Å². The fraction of sp³-hybridized carbons (Fsp3) is 0.333. The van der Waals surface area contributed by atoms with E-state index >= 15 is 0 Å². The second kappa shape index (κ2) is 7.59. The first-order valence-electron chi connectivity index (χ1n) is 7.48. The van der Waals surface area contributed by atoms with Crippen LogP contribution in [0.2, 0.25) is 0 Å². The van der Waals surface area contributed by atoms with Crippen molar-refractivity contribution < 1.29 is 14.3 Å². The van der Waals surface area contributed by atoms with E-state index in [0.717, 1.165) is 23.5 Å². The molecule has 0 saturated heterocycles. The topological polar surface area (TPSA) is 55.4 Å². The quantitative estimate of drug-likeness (QED) is 0.799. The summed E-state index contributed by atoms with van der Waals surface area (Å²) in [5.41, 5.74) is 0.480. The van der Waals surface area contributed by atoms with Crippen molar-refractivity contribution >= 4 is 23.0 Å². The maximum Gasteiger partial charge on any atom is 0.257 e. The van der Waals surface area contributed by atoms with Crippen molar-refractivity contribution in [2.24, 2.45) is 5.92 Å². The Balaban J connectivity index is 2.02. The van der Waals surface area contributed by atoms with Gasteiger partial charge in [-0.2, -0.15) is 0 Å². The van der Waals surface area contributed by atoms with Gasteiger partial charge in [0.05, 0.1) is 5.56 Å². The Morgan fingerprint density at radius 3 is 2.73 bits per heavy atom. The Kier molecular flexibility index (Phi) is 5.53. The predicted octanol–water partition coefficient (Wildman–Crippen LogP) is 3.19. The van der Waals surface area contributed by atoms with Crippen LogP contribution >= 0.6 is 0 Å². The van der Waals surface area contributed by atoms with Crippen LogP contribution in [0.3, 0.4) is 0 Å². The fourth-order valence-electron chi connectivity index (χ4n) is 2.22. The molecule has 0 aliphatic heterocycles. The van der Waals surface area contributed by atoms with Gasteiger partial charge >= 0.3 is 0 Å². The Morgan fingerprint density at radius 2 is 2.00 bits per heavy atom. The minimum absolute atomic E-state index is 0.0860. The lowest BCUT2D eigenvalue weighted by atomic mass is 10.0. The van der Waals surface area contributed by atoms with Gasteiger partial charge in [-0.05, 0) is 29.2 Å². The highest BCUT2D eigenvalue weighted by atomic mass is 16.5. The number of carbonyl (C=O) groups excluding carboxylic acids is 2. The Morgan fingerprint density at radius 1 is 1.23 bits per heavy atom. The molecule has 0 radical (unpaired) electrons. The van der Waals surface area contributed by atoms with Crippen LogP contribution in [0.5, 0.6) is 5.75 Å². The zero-order valence-electron chi connectivity index (χ0n) is 13.0. The van der Waals surface area contributed by atoms with E-state index in [9.17, 15) is 9.59 Å². The molecule has 1 N–H and O–H groups in total. The second-order valence-electron chi connectivity index (χ2n) is 5.64. The SMILES string of the molecule is CC(C)CCNC(=O)COc1ccc2ccccc2c1C=O. The molecular weight excluding hydrogens is 278 g/mol. The largest absolute Gasteiger partial charge is 0.483 e. The first-order valence-corrected chi connectivity index (χ1v) is 7.48. The number of ether oxygens (including phenoxy) is 1. The lowest BCUT2D eigenvalue weighted by Gasteiger charge is -2.11. The van der Waals surface area contributed by atoms with E-state index in [1.807, 2.05) is 30.3 Å². The second-order valence-corrected chi connectivity index (χ2v) is 5.64. The van der Waals surface area contributed by atoms with Crippen LogP contribution in [-0.4, -0.2) is 25.3 Å². The molecule has 4 nitrogen and oxygen atoms in total. The van der Waals surface area contributed by atoms with E-state index in [4.69, 9.17) is 4.74 Å². The van der Waals surface area contributed by atoms with Gasteiger partial charge in [0.2, 0.25) is 0 Å². The predicted molar refractivity (Wildman–Crippen MR) is 87.3 cm³/mol. The number of fused-ring (bicyclic) bond motifs is 1. The molecule has 0 saturated carbocycles. The van der Waals surface area contributed by atoms with Gasteiger partial charge in [0.25, 0.3) is 5.91 Å². The zero-order valence-corrected chi connectivity index (χ0v) is 13.0. The van der Waals surface area contributed by atoms with Gasteiger partial charge < -0.3 is 10.1 Å². The summed E-state index contributed by atoms with van der Waals surface area (Å²) in [6.07, 6.45) is 1.70. The molecule has 22 heavy (non-hydrogen) atoms. The number of hydrogen-bond acceptors (Lipinski definition) is 3. The molecule has 2 rings (SSSR count). The van der Waals surface area contributed by atoms with E-state index in [1.54, 1.807) is 6.07 Å². The summed E-state index contributed by atoms with van der Waals surface area (Å²) < 4.78 is 5.51. The third kappa shape index (κ3) is 4.07. The number of hydrogen-bond donors (Lipinski definition) is 1. The fourth-order valence-corrected chi connectivity index (χ4v) is 2.22. The summed E-state index contributed by atoms with van der Waals surface area (Å²) in [5, 5.41) is 4.61. The lowest BCUT2D eigenvalue weighted by molar-refractivity contribution is -0.123. The number of nitrogens with one attached hydrogen (secondary N) is 1. The van der Waals surface area contributed by atoms with Gasteiger partial charge in [0, 0.05) is 6.54 Å². The van der Waals surface area contributed by atoms with Crippen molar-refractivity contribution in [3.8, 4) is 5.75 Å². The maximum absolute atomic E-state index is 11.7. The van der Waals surface area contributed by atoms with E-state index in [2.05, 4.69) is 19.2 Å². The molecule has 0 unspecified atom stereocenters. The van der Waals surface area contributed by atoms with E-state index < -0.39 is 0 Å². The molecule has 0 fully saturated rings. The minimum atomic E-state index is -0.175. The van der Waals surface area contributed by atoms with Crippen molar-refractivity contribution in [3.63, 3.8) is 0 Å². The van der Waals surface area contributed by atoms with Crippen molar-refractivity contribution in [2.45, 2.75) is 20.3 Å².